The molecular formula is C17H19ClN4O2. The molecule has 0 aliphatic carbocycles. The van der Waals surface area contributed by atoms with Crippen LogP contribution in [0.5, 0.6) is 0 Å². The van der Waals surface area contributed by atoms with Crippen LogP contribution in [0.3, 0.4) is 0 Å². The molecule has 1 unspecified atom stereocenters. The fourth-order valence-electron chi connectivity index (χ4n) is 2.97. The minimum atomic E-state index is -0.335. The lowest BCUT2D eigenvalue weighted by Gasteiger charge is -2.30. The van der Waals surface area contributed by atoms with Gasteiger partial charge in [-0.15, -0.1) is 0 Å². The van der Waals surface area contributed by atoms with Crippen molar-refractivity contribution in [3.8, 4) is 0 Å². The molecule has 126 valence electrons. The van der Waals surface area contributed by atoms with Crippen LogP contribution < -0.4 is 10.6 Å². The molecule has 0 bridgehead atoms. The van der Waals surface area contributed by atoms with Crippen molar-refractivity contribution in [3.05, 3.63) is 35.0 Å². The summed E-state index contributed by atoms with van der Waals surface area (Å²) < 4.78 is 0. The highest BCUT2D eigenvalue weighted by Gasteiger charge is 2.24. The second kappa shape index (κ2) is 6.65. The normalized spacial score (nSPS) is 17.9. The Morgan fingerprint density at radius 2 is 2.25 bits per heavy atom. The Bertz CT molecular complexity index is 809. The Labute approximate surface area is 145 Å². The van der Waals surface area contributed by atoms with E-state index in [2.05, 4.69) is 15.6 Å². The largest absolute Gasteiger partial charge is 0.344 e. The number of halogens is 1. The van der Waals surface area contributed by atoms with Gasteiger partial charge in [-0.1, -0.05) is 11.6 Å². The Morgan fingerprint density at radius 1 is 1.46 bits per heavy atom. The molecule has 24 heavy (non-hydrogen) atoms. The van der Waals surface area contributed by atoms with Crippen LogP contribution in [-0.4, -0.2) is 41.5 Å². The van der Waals surface area contributed by atoms with E-state index in [1.807, 2.05) is 19.1 Å². The highest BCUT2D eigenvalue weighted by Crippen LogP contribution is 2.32. The van der Waals surface area contributed by atoms with Gasteiger partial charge in [-0.3, -0.25) is 9.78 Å². The maximum Gasteiger partial charge on any atom is 0.319 e. The number of carbonyl (C=O) groups excluding carboxylic acids is 2. The molecule has 1 aromatic carbocycles. The lowest BCUT2D eigenvalue weighted by Crippen LogP contribution is -2.49. The van der Waals surface area contributed by atoms with E-state index in [9.17, 15) is 9.59 Å². The van der Waals surface area contributed by atoms with E-state index in [-0.39, 0.29) is 18.0 Å². The molecule has 2 aromatic rings. The fraction of sp³-hybridized carbons (Fsp3) is 0.353. The zero-order chi connectivity index (χ0) is 17.3. The highest BCUT2D eigenvalue weighted by molar-refractivity contribution is 6.35. The van der Waals surface area contributed by atoms with Crippen LogP contribution in [0.4, 0.5) is 10.5 Å². The molecule has 1 aliphatic rings. The quantitative estimate of drug-likeness (QED) is 0.878. The number of nitrogens with one attached hydrogen (secondary N) is 2. The predicted molar refractivity (Wildman–Crippen MR) is 94.3 cm³/mol. The lowest BCUT2D eigenvalue weighted by atomic mass is 10.1. The molecule has 3 amide bonds. The van der Waals surface area contributed by atoms with Crippen molar-refractivity contribution in [2.75, 3.05) is 18.9 Å². The summed E-state index contributed by atoms with van der Waals surface area (Å²) in [7, 11) is 1.74. The summed E-state index contributed by atoms with van der Waals surface area (Å²) in [5.74, 6) is 0.104. The number of anilines is 1. The van der Waals surface area contributed by atoms with Gasteiger partial charge in [-0.25, -0.2) is 4.79 Å². The molecule has 1 atom stereocenters. The number of likely N-dealkylation sites (tertiary alicyclic amines) is 1. The number of piperidine rings is 1. The number of carbonyl (C=O) groups is 2. The van der Waals surface area contributed by atoms with Gasteiger partial charge in [0.05, 0.1) is 16.2 Å². The van der Waals surface area contributed by atoms with Gasteiger partial charge in [0.2, 0.25) is 5.91 Å². The van der Waals surface area contributed by atoms with Crippen molar-refractivity contribution in [2.24, 2.45) is 0 Å². The SMILES string of the molecule is Cc1cc(Cl)c(NC(=O)NC2CCC(=O)N(C)C2)c2cccnc12. The van der Waals surface area contributed by atoms with Gasteiger partial charge < -0.3 is 15.5 Å². The number of pyridine rings is 1. The van der Waals surface area contributed by atoms with Crippen molar-refractivity contribution in [1.82, 2.24) is 15.2 Å². The maximum absolute atomic E-state index is 12.3. The third-order valence-corrected chi connectivity index (χ3v) is 4.53. The van der Waals surface area contributed by atoms with Gasteiger partial charge in [0, 0.05) is 37.6 Å². The van der Waals surface area contributed by atoms with Gasteiger partial charge in [0.1, 0.15) is 0 Å². The summed E-state index contributed by atoms with van der Waals surface area (Å²) in [5, 5.41) is 7.00. The summed E-state index contributed by atoms with van der Waals surface area (Å²) >= 11 is 6.31. The number of amides is 3. The molecule has 0 spiro atoms. The second-order valence-corrected chi connectivity index (χ2v) is 6.47. The molecule has 0 radical (unpaired) electrons. The predicted octanol–water partition coefficient (Wildman–Crippen LogP) is 2.94. The van der Waals surface area contributed by atoms with E-state index in [0.29, 0.717) is 30.1 Å². The molecule has 2 heterocycles. The molecule has 2 N–H and O–H groups in total. The van der Waals surface area contributed by atoms with E-state index >= 15 is 0 Å². The Morgan fingerprint density at radius 3 is 3.00 bits per heavy atom. The molecule has 1 fully saturated rings. The van der Waals surface area contributed by atoms with Crippen LogP contribution in [-0.2, 0) is 4.79 Å². The summed E-state index contributed by atoms with van der Waals surface area (Å²) in [6.45, 7) is 2.44. The first-order chi connectivity index (χ1) is 11.5. The number of benzene rings is 1. The van der Waals surface area contributed by atoms with E-state index in [1.54, 1.807) is 24.2 Å². The molecular weight excluding hydrogens is 328 g/mol. The number of urea groups is 1. The molecule has 3 rings (SSSR count). The summed E-state index contributed by atoms with van der Waals surface area (Å²) in [6, 6.07) is 5.08. The Kier molecular flexibility index (Phi) is 4.57. The topological polar surface area (TPSA) is 74.3 Å². The number of hydrogen-bond donors (Lipinski definition) is 2. The number of aromatic nitrogens is 1. The van der Waals surface area contributed by atoms with Gasteiger partial charge in [0.25, 0.3) is 0 Å². The van der Waals surface area contributed by atoms with Crippen molar-refractivity contribution in [1.29, 1.82) is 0 Å². The molecule has 1 aromatic heterocycles. The maximum atomic E-state index is 12.3. The molecule has 0 saturated carbocycles. The van der Waals surface area contributed by atoms with Crippen molar-refractivity contribution >= 4 is 40.1 Å². The number of hydrogen-bond acceptors (Lipinski definition) is 3. The number of nitrogens with zero attached hydrogens (tertiary/aromatic N) is 2. The first-order valence-electron chi connectivity index (χ1n) is 7.81. The Balaban J connectivity index is 1.78. The van der Waals surface area contributed by atoms with E-state index < -0.39 is 0 Å². The lowest BCUT2D eigenvalue weighted by molar-refractivity contribution is -0.132. The average Bonchev–Trinajstić information content (AvgIpc) is 2.55. The zero-order valence-electron chi connectivity index (χ0n) is 13.6. The molecule has 6 nitrogen and oxygen atoms in total. The monoisotopic (exact) mass is 346 g/mol. The van der Waals surface area contributed by atoms with Gasteiger partial charge in [-0.05, 0) is 37.1 Å². The third kappa shape index (κ3) is 3.28. The van der Waals surface area contributed by atoms with Crippen LogP contribution in [0.2, 0.25) is 5.02 Å². The van der Waals surface area contributed by atoms with Crippen LogP contribution in [0, 0.1) is 6.92 Å². The minimum Gasteiger partial charge on any atom is -0.344 e. The van der Waals surface area contributed by atoms with E-state index in [4.69, 9.17) is 11.6 Å². The van der Waals surface area contributed by atoms with E-state index in [0.717, 1.165) is 16.5 Å². The number of rotatable bonds is 2. The van der Waals surface area contributed by atoms with Crippen LogP contribution in [0.1, 0.15) is 18.4 Å². The number of aryl methyl sites for hydroxylation is 1. The standard InChI is InChI=1S/C17H19ClN4O2/c1-10-8-13(18)16(12-4-3-7-19-15(10)12)21-17(24)20-11-5-6-14(23)22(2)9-11/h3-4,7-8,11H,5-6,9H2,1-2H3,(H2,20,21,24). The summed E-state index contributed by atoms with van der Waals surface area (Å²) in [5.41, 5.74) is 2.30. The minimum absolute atomic E-state index is 0.0682. The zero-order valence-corrected chi connectivity index (χ0v) is 14.4. The average molecular weight is 347 g/mol. The van der Waals surface area contributed by atoms with Gasteiger partial charge >= 0.3 is 6.03 Å². The highest BCUT2D eigenvalue weighted by atomic mass is 35.5. The smallest absolute Gasteiger partial charge is 0.319 e. The molecule has 1 saturated heterocycles. The van der Waals surface area contributed by atoms with Gasteiger partial charge in [0.15, 0.2) is 0 Å². The van der Waals surface area contributed by atoms with Crippen LogP contribution in [0.15, 0.2) is 24.4 Å². The van der Waals surface area contributed by atoms with Crippen molar-refractivity contribution in [2.45, 2.75) is 25.8 Å². The van der Waals surface area contributed by atoms with Crippen LogP contribution >= 0.6 is 11.6 Å². The van der Waals surface area contributed by atoms with Crippen molar-refractivity contribution < 1.29 is 9.59 Å². The van der Waals surface area contributed by atoms with Crippen LogP contribution in [0.25, 0.3) is 10.9 Å². The molecule has 7 heteroatoms. The third-order valence-electron chi connectivity index (χ3n) is 4.23. The summed E-state index contributed by atoms with van der Waals surface area (Å²) in [4.78, 5) is 29.8. The van der Waals surface area contributed by atoms with Crippen molar-refractivity contribution in [3.63, 3.8) is 0 Å². The number of fused-ring (bicyclic) bond motifs is 1. The Hall–Kier alpha value is -2.34. The second-order valence-electron chi connectivity index (χ2n) is 6.06. The first-order valence-corrected chi connectivity index (χ1v) is 8.19. The first kappa shape index (κ1) is 16.5. The van der Waals surface area contributed by atoms with E-state index in [1.165, 1.54) is 0 Å². The van der Waals surface area contributed by atoms with Gasteiger partial charge in [-0.2, -0.15) is 0 Å². The number of likely N-dealkylation sites (N-methyl/N-ethyl adjacent to an activating group) is 1. The summed E-state index contributed by atoms with van der Waals surface area (Å²) in [6.07, 6.45) is 2.79. The fourth-order valence-corrected chi connectivity index (χ4v) is 3.29. The molecule has 1 aliphatic heterocycles.